The van der Waals surface area contributed by atoms with Crippen LogP contribution in [0.15, 0.2) is 24.3 Å². The Morgan fingerprint density at radius 3 is 0.863 bits per heavy atom. The number of carbonyl (C=O) groups is 4. The minimum atomic E-state index is -4.96. The van der Waals surface area contributed by atoms with Crippen LogP contribution in [0.2, 0.25) is 0 Å². The number of unbranched alkanes of at least 4 members (excludes halogenated alkanes) is 43. The van der Waals surface area contributed by atoms with E-state index in [1.54, 1.807) is 0 Å². The van der Waals surface area contributed by atoms with E-state index in [0.29, 0.717) is 25.7 Å². The van der Waals surface area contributed by atoms with Crippen LogP contribution in [0.4, 0.5) is 0 Å². The summed E-state index contributed by atoms with van der Waals surface area (Å²) in [6.07, 6.45) is 60.4. The van der Waals surface area contributed by atoms with Crippen molar-refractivity contribution in [3.05, 3.63) is 24.3 Å². The summed E-state index contributed by atoms with van der Waals surface area (Å²) in [6.45, 7) is 7.20. The fourth-order valence-corrected chi connectivity index (χ4v) is 12.7. The highest BCUT2D eigenvalue weighted by Crippen LogP contribution is 2.45. The van der Waals surface area contributed by atoms with E-state index in [0.717, 1.165) is 115 Å². The lowest BCUT2D eigenvalue weighted by molar-refractivity contribution is -0.161. The molecule has 0 amide bonds. The van der Waals surface area contributed by atoms with E-state index in [2.05, 4.69) is 58.9 Å². The SMILES string of the molecule is CCCCCC/C=C\C=C/CCCCCCCC(=O)OC[C@H](COP(=O)(O)OC[C@@H](O)COP(=O)(O)OC[C@@H](COC(=O)CCCCCCCCCCC)OC(=O)CCCCCCCCCCCCC(C)C)OC(=O)CCCCCCCCCCCCCCCCCCCC. The molecule has 0 radical (unpaired) electrons. The normalized spacial score (nSPS) is 14.1. The van der Waals surface area contributed by atoms with E-state index < -0.39 is 97.5 Å². The zero-order valence-corrected chi connectivity index (χ0v) is 63.1. The maximum atomic E-state index is 13.1. The van der Waals surface area contributed by atoms with Gasteiger partial charge in [0.05, 0.1) is 26.4 Å². The van der Waals surface area contributed by atoms with Crippen molar-refractivity contribution in [2.45, 2.75) is 393 Å². The topological polar surface area (TPSA) is 237 Å². The Morgan fingerprint density at radius 1 is 0.326 bits per heavy atom. The standard InChI is InChI=1S/C76H144O17P2/c1-6-9-12-15-18-21-23-25-27-28-29-31-33-35-41-46-51-56-61-75(80)92-72(66-87-74(79)60-55-50-45-40-34-32-30-26-24-22-19-16-13-10-7-2)68-91-95(84,85)89-64-70(77)63-88-94(82,83)90-67-71(65-86-73(78)59-54-49-44-38-20-17-14-11-8-3)93-76(81)62-57-52-47-42-37-36-39-43-48-53-58-69(4)5/h22,24,26,30,69-72,77H,6-21,23,25,27-29,31-68H2,1-5H3,(H,82,83)(H,84,85)/b24-22-,30-26-/t70-,71+,72+/m0/s1. The third kappa shape index (κ3) is 69.8. The molecule has 0 aromatic carbocycles. The average Bonchev–Trinajstić information content (AvgIpc) is 2.05. The smallest absolute Gasteiger partial charge is 0.462 e. The van der Waals surface area contributed by atoms with E-state index >= 15 is 0 Å². The van der Waals surface area contributed by atoms with Gasteiger partial charge in [0.1, 0.15) is 19.3 Å². The lowest BCUT2D eigenvalue weighted by atomic mass is 10.0. The summed E-state index contributed by atoms with van der Waals surface area (Å²) in [5, 5.41) is 10.6. The van der Waals surface area contributed by atoms with Crippen LogP contribution in [0.25, 0.3) is 0 Å². The van der Waals surface area contributed by atoms with E-state index in [1.807, 2.05) is 0 Å². The molecule has 0 bridgehead atoms. The number of aliphatic hydroxyl groups is 1. The number of phosphoric acid groups is 2. The first kappa shape index (κ1) is 92.5. The summed E-state index contributed by atoms with van der Waals surface area (Å²) in [6, 6.07) is 0. The van der Waals surface area contributed by atoms with Gasteiger partial charge in [-0.3, -0.25) is 37.3 Å². The molecule has 0 aromatic rings. The van der Waals surface area contributed by atoms with Crippen LogP contribution in [-0.4, -0.2) is 96.7 Å². The molecule has 0 rings (SSSR count). The van der Waals surface area contributed by atoms with Gasteiger partial charge in [-0.15, -0.1) is 0 Å². The molecule has 17 nitrogen and oxygen atoms in total. The molecule has 0 fully saturated rings. The quantitative estimate of drug-likeness (QED) is 0.0169. The first-order valence-electron chi connectivity index (χ1n) is 39.0. The summed E-state index contributed by atoms with van der Waals surface area (Å²) in [4.78, 5) is 72.7. The Bertz CT molecular complexity index is 1920. The molecule has 560 valence electrons. The number of hydrogen-bond donors (Lipinski definition) is 3. The Kier molecular flexibility index (Phi) is 66.9. The van der Waals surface area contributed by atoms with Crippen molar-refractivity contribution in [3.8, 4) is 0 Å². The second-order valence-electron chi connectivity index (χ2n) is 27.2. The minimum absolute atomic E-state index is 0.102. The maximum Gasteiger partial charge on any atom is 0.472 e. The van der Waals surface area contributed by atoms with Gasteiger partial charge >= 0.3 is 39.5 Å². The summed E-state index contributed by atoms with van der Waals surface area (Å²) >= 11 is 0. The predicted molar refractivity (Wildman–Crippen MR) is 386 cm³/mol. The number of hydrogen-bond acceptors (Lipinski definition) is 15. The minimum Gasteiger partial charge on any atom is -0.462 e. The van der Waals surface area contributed by atoms with E-state index in [4.69, 9.17) is 37.0 Å². The number of allylic oxidation sites excluding steroid dienone is 4. The first-order valence-corrected chi connectivity index (χ1v) is 41.9. The zero-order chi connectivity index (χ0) is 69.8. The lowest BCUT2D eigenvalue weighted by Crippen LogP contribution is -2.30. The van der Waals surface area contributed by atoms with Crippen molar-refractivity contribution in [2.24, 2.45) is 5.92 Å². The number of phosphoric ester groups is 2. The average molecular weight is 1390 g/mol. The monoisotopic (exact) mass is 1390 g/mol. The predicted octanol–water partition coefficient (Wildman–Crippen LogP) is 22.0. The molecule has 0 saturated carbocycles. The fourth-order valence-electron chi connectivity index (χ4n) is 11.2. The molecule has 0 spiro atoms. The van der Waals surface area contributed by atoms with Crippen LogP contribution in [0, 0.1) is 5.92 Å². The van der Waals surface area contributed by atoms with Gasteiger partial charge in [-0.2, -0.15) is 0 Å². The van der Waals surface area contributed by atoms with Crippen molar-refractivity contribution < 1.29 is 80.2 Å². The molecule has 0 aliphatic rings. The molecule has 0 aliphatic heterocycles. The van der Waals surface area contributed by atoms with Crippen molar-refractivity contribution in [1.29, 1.82) is 0 Å². The summed E-state index contributed by atoms with van der Waals surface area (Å²) < 4.78 is 68.4. The third-order valence-corrected chi connectivity index (χ3v) is 19.1. The van der Waals surface area contributed by atoms with Crippen molar-refractivity contribution in [2.75, 3.05) is 39.6 Å². The summed E-state index contributed by atoms with van der Waals surface area (Å²) in [5.41, 5.74) is 0. The number of rotatable bonds is 74. The van der Waals surface area contributed by atoms with Gasteiger partial charge in [-0.05, 0) is 57.3 Å². The largest absolute Gasteiger partial charge is 0.472 e. The molecule has 0 saturated heterocycles. The highest BCUT2D eigenvalue weighted by Gasteiger charge is 2.30. The number of ether oxygens (including phenoxy) is 4. The molecule has 3 N–H and O–H groups in total. The van der Waals surface area contributed by atoms with Gasteiger partial charge in [-0.1, -0.05) is 322 Å². The molecule has 0 heterocycles. The Balaban J connectivity index is 5.26. The first-order chi connectivity index (χ1) is 46.0. The van der Waals surface area contributed by atoms with Crippen molar-refractivity contribution in [3.63, 3.8) is 0 Å². The lowest BCUT2D eigenvalue weighted by Gasteiger charge is -2.21. The van der Waals surface area contributed by atoms with Crippen molar-refractivity contribution >= 4 is 39.5 Å². The van der Waals surface area contributed by atoms with Gasteiger partial charge in [0.15, 0.2) is 12.2 Å². The van der Waals surface area contributed by atoms with Crippen LogP contribution < -0.4 is 0 Å². The van der Waals surface area contributed by atoms with Crippen LogP contribution in [0.3, 0.4) is 0 Å². The molecule has 0 aromatic heterocycles. The molecule has 2 unspecified atom stereocenters. The van der Waals surface area contributed by atoms with Gasteiger partial charge in [0.2, 0.25) is 0 Å². The van der Waals surface area contributed by atoms with Gasteiger partial charge in [-0.25, -0.2) is 9.13 Å². The highest BCUT2D eigenvalue weighted by atomic mass is 31.2. The Hall–Kier alpha value is -2.46. The second-order valence-corrected chi connectivity index (χ2v) is 30.1. The molecule has 0 aliphatic carbocycles. The highest BCUT2D eigenvalue weighted by molar-refractivity contribution is 7.47. The molecule has 5 atom stereocenters. The fraction of sp³-hybridized carbons (Fsp3) is 0.895. The zero-order valence-electron chi connectivity index (χ0n) is 61.3. The number of carbonyl (C=O) groups excluding carboxylic acids is 4. The third-order valence-electron chi connectivity index (χ3n) is 17.2. The molecule has 95 heavy (non-hydrogen) atoms. The van der Waals surface area contributed by atoms with Gasteiger partial charge < -0.3 is 33.8 Å². The van der Waals surface area contributed by atoms with E-state index in [1.165, 1.54) is 180 Å². The van der Waals surface area contributed by atoms with E-state index in [-0.39, 0.29) is 25.7 Å². The second kappa shape index (κ2) is 68.7. The van der Waals surface area contributed by atoms with Gasteiger partial charge in [0.25, 0.3) is 0 Å². The van der Waals surface area contributed by atoms with Crippen LogP contribution in [-0.2, 0) is 65.4 Å². The van der Waals surface area contributed by atoms with Crippen LogP contribution in [0.1, 0.15) is 375 Å². The summed E-state index contributed by atoms with van der Waals surface area (Å²) in [5.74, 6) is -1.39. The van der Waals surface area contributed by atoms with Crippen LogP contribution >= 0.6 is 15.6 Å². The Morgan fingerprint density at radius 2 is 0.568 bits per heavy atom. The maximum absolute atomic E-state index is 13.1. The van der Waals surface area contributed by atoms with E-state index in [9.17, 15) is 43.2 Å². The molecular formula is C76H144O17P2. The van der Waals surface area contributed by atoms with Crippen molar-refractivity contribution in [1.82, 2.24) is 0 Å². The molecule has 19 heteroatoms. The Labute approximate surface area is 580 Å². The van der Waals surface area contributed by atoms with Crippen LogP contribution in [0.5, 0.6) is 0 Å². The number of esters is 4. The molecular weight excluding hydrogens is 1250 g/mol. The summed E-state index contributed by atoms with van der Waals surface area (Å²) in [7, 11) is -9.92. The number of aliphatic hydroxyl groups excluding tert-OH is 1. The van der Waals surface area contributed by atoms with Gasteiger partial charge in [0, 0.05) is 25.7 Å².